The molecule has 1 aliphatic heterocycles. The number of hydrogen-bond acceptors (Lipinski definition) is 3. The van der Waals surface area contributed by atoms with Gasteiger partial charge < -0.3 is 14.4 Å². The lowest BCUT2D eigenvalue weighted by Crippen LogP contribution is -2.28. The lowest BCUT2D eigenvalue weighted by Gasteiger charge is -2.29. The van der Waals surface area contributed by atoms with E-state index in [0.717, 1.165) is 0 Å². The van der Waals surface area contributed by atoms with Crippen molar-refractivity contribution in [3.8, 4) is 11.5 Å². The van der Waals surface area contributed by atoms with Gasteiger partial charge in [0.25, 0.3) is 0 Å². The van der Waals surface area contributed by atoms with Crippen LogP contribution in [0.25, 0.3) is 27.9 Å². The van der Waals surface area contributed by atoms with Gasteiger partial charge in [-0.15, -0.1) is 0 Å². The highest BCUT2D eigenvalue weighted by atomic mass is 19.1. The molecule has 1 N–H and O–H groups in total. The monoisotopic (exact) mass is 325 g/mol. The topological polar surface area (TPSA) is 51.5 Å². The van der Waals surface area contributed by atoms with Gasteiger partial charge in [0.15, 0.2) is 0 Å². The Balaban J connectivity index is 2.28. The Morgan fingerprint density at radius 2 is 2.00 bits per heavy atom. The maximum Gasteiger partial charge on any atom is 0.201 e. The van der Waals surface area contributed by atoms with Crippen LogP contribution >= 0.6 is 0 Å². The van der Waals surface area contributed by atoms with E-state index in [1.807, 2.05) is 26.0 Å². The highest BCUT2D eigenvalue weighted by Gasteiger charge is 2.26. The number of phenolic OH excluding ortho intramolecular Hbond substituents is 1. The Morgan fingerprint density at radius 3 is 2.75 bits per heavy atom. The summed E-state index contributed by atoms with van der Waals surface area (Å²) in [5, 5.41) is 10.8. The van der Waals surface area contributed by atoms with Crippen LogP contribution in [0.4, 0.5) is 4.39 Å². The van der Waals surface area contributed by atoms with Crippen molar-refractivity contribution in [1.82, 2.24) is 4.57 Å². The summed E-state index contributed by atoms with van der Waals surface area (Å²) >= 11 is 0. The molecule has 0 unspecified atom stereocenters. The van der Waals surface area contributed by atoms with E-state index in [1.54, 1.807) is 17.7 Å². The second-order valence-electron chi connectivity index (χ2n) is 6.59. The van der Waals surface area contributed by atoms with Crippen molar-refractivity contribution in [2.24, 2.45) is 7.05 Å². The molecule has 0 atom stereocenters. The summed E-state index contributed by atoms with van der Waals surface area (Å²) in [6.45, 7) is 3.79. The highest BCUT2D eigenvalue weighted by Crippen LogP contribution is 2.40. The summed E-state index contributed by atoms with van der Waals surface area (Å²) in [6, 6.07) is 5.83. The van der Waals surface area contributed by atoms with Crippen LogP contribution < -0.4 is 10.2 Å². The van der Waals surface area contributed by atoms with Gasteiger partial charge in [-0.05, 0) is 38.1 Å². The molecule has 2 heterocycles. The minimum Gasteiger partial charge on any atom is -0.507 e. The number of aromatic hydroxyl groups is 1. The number of pyridine rings is 1. The maximum absolute atomic E-state index is 14.3. The molecule has 0 fully saturated rings. The Labute approximate surface area is 137 Å². The number of phenols is 1. The largest absolute Gasteiger partial charge is 0.507 e. The van der Waals surface area contributed by atoms with E-state index in [2.05, 4.69) is 0 Å². The number of ether oxygens (including phenoxy) is 1. The number of halogens is 1. The Kier molecular flexibility index (Phi) is 2.83. The summed E-state index contributed by atoms with van der Waals surface area (Å²) < 4.78 is 21.8. The number of aromatic nitrogens is 1. The van der Waals surface area contributed by atoms with E-state index in [4.69, 9.17) is 4.74 Å². The molecule has 122 valence electrons. The molecule has 4 rings (SSSR count). The van der Waals surface area contributed by atoms with Gasteiger partial charge in [-0.3, -0.25) is 4.79 Å². The number of para-hydroxylation sites is 1. The molecule has 0 saturated carbocycles. The van der Waals surface area contributed by atoms with Crippen LogP contribution in [0.1, 0.15) is 19.4 Å². The van der Waals surface area contributed by atoms with Gasteiger partial charge in [-0.25, -0.2) is 4.39 Å². The van der Waals surface area contributed by atoms with Crippen LogP contribution in [0.5, 0.6) is 11.5 Å². The molecule has 3 aromatic rings. The molecule has 0 spiro atoms. The predicted octanol–water partition coefficient (Wildman–Crippen LogP) is 3.72. The summed E-state index contributed by atoms with van der Waals surface area (Å²) in [6.07, 6.45) is 3.73. The van der Waals surface area contributed by atoms with Gasteiger partial charge in [-0.2, -0.15) is 0 Å². The van der Waals surface area contributed by atoms with Gasteiger partial charge >= 0.3 is 0 Å². The standard InChI is InChI=1S/C19H16FNO3/c1-19(2)8-7-10-14(24-19)9-13(22)15-17(10)21(3)16-11(18(15)23)5-4-6-12(16)20/h4-9,22H,1-3H3. The second-order valence-corrected chi connectivity index (χ2v) is 6.59. The van der Waals surface area contributed by atoms with E-state index in [1.165, 1.54) is 18.2 Å². The van der Waals surface area contributed by atoms with E-state index in [9.17, 15) is 14.3 Å². The van der Waals surface area contributed by atoms with Gasteiger partial charge in [0.1, 0.15) is 22.9 Å². The normalized spacial score (nSPS) is 15.5. The van der Waals surface area contributed by atoms with Crippen molar-refractivity contribution < 1.29 is 14.2 Å². The number of fused-ring (bicyclic) bond motifs is 4. The Hall–Kier alpha value is -2.82. The third-order valence-electron chi connectivity index (χ3n) is 4.44. The molecule has 0 saturated heterocycles. The fraction of sp³-hybridized carbons (Fsp3) is 0.211. The average Bonchev–Trinajstić information content (AvgIpc) is 2.50. The molecular formula is C19H16FNO3. The smallest absolute Gasteiger partial charge is 0.201 e. The number of aryl methyl sites for hydroxylation is 1. The summed E-state index contributed by atoms with van der Waals surface area (Å²) in [4.78, 5) is 12.8. The molecule has 1 aromatic heterocycles. The van der Waals surface area contributed by atoms with Crippen LogP contribution in [-0.2, 0) is 7.05 Å². The first-order valence-corrected chi connectivity index (χ1v) is 7.65. The molecule has 4 nitrogen and oxygen atoms in total. The third-order valence-corrected chi connectivity index (χ3v) is 4.44. The minimum absolute atomic E-state index is 0.165. The fourth-order valence-electron chi connectivity index (χ4n) is 3.35. The van der Waals surface area contributed by atoms with Gasteiger partial charge in [-0.1, -0.05) is 6.07 Å². The van der Waals surface area contributed by atoms with Crippen LogP contribution in [0.3, 0.4) is 0 Å². The van der Waals surface area contributed by atoms with Crippen molar-refractivity contribution >= 4 is 27.9 Å². The molecule has 0 amide bonds. The first-order chi connectivity index (χ1) is 11.3. The summed E-state index contributed by atoms with van der Waals surface area (Å²) in [7, 11) is 1.68. The minimum atomic E-state index is -0.520. The van der Waals surface area contributed by atoms with Crippen LogP contribution in [0.2, 0.25) is 0 Å². The molecular weight excluding hydrogens is 309 g/mol. The average molecular weight is 325 g/mol. The molecule has 0 radical (unpaired) electrons. The van der Waals surface area contributed by atoms with Gasteiger partial charge in [0.2, 0.25) is 5.43 Å². The Morgan fingerprint density at radius 1 is 1.25 bits per heavy atom. The number of nitrogens with zero attached hydrogens (tertiary/aromatic N) is 1. The van der Waals surface area contributed by atoms with Crippen LogP contribution in [-0.4, -0.2) is 15.3 Å². The Bertz CT molecular complexity index is 1110. The SMILES string of the molecule is Cn1c2c(F)cccc2c(=O)c2c(O)cc3c(c21)C=CC(C)(C)O3. The fourth-order valence-corrected chi connectivity index (χ4v) is 3.35. The number of hydrogen-bond donors (Lipinski definition) is 1. The van der Waals surface area contributed by atoms with Crippen LogP contribution in [0.15, 0.2) is 35.1 Å². The molecule has 24 heavy (non-hydrogen) atoms. The maximum atomic E-state index is 14.3. The zero-order valence-corrected chi connectivity index (χ0v) is 13.6. The van der Waals surface area contributed by atoms with Crippen molar-refractivity contribution in [2.75, 3.05) is 0 Å². The second kappa shape index (κ2) is 4.60. The van der Waals surface area contributed by atoms with Crippen molar-refractivity contribution in [3.63, 3.8) is 0 Å². The van der Waals surface area contributed by atoms with E-state index in [-0.39, 0.29) is 22.0 Å². The lowest BCUT2D eigenvalue weighted by atomic mass is 9.98. The molecule has 0 aliphatic carbocycles. The molecule has 1 aliphatic rings. The van der Waals surface area contributed by atoms with Gasteiger partial charge in [0, 0.05) is 24.1 Å². The van der Waals surface area contributed by atoms with Gasteiger partial charge in [0.05, 0.1) is 16.4 Å². The molecule has 5 heteroatoms. The van der Waals surface area contributed by atoms with Crippen LogP contribution in [0, 0.1) is 5.82 Å². The van der Waals surface area contributed by atoms with Crippen molar-refractivity contribution in [2.45, 2.75) is 19.4 Å². The molecule has 0 bridgehead atoms. The quantitative estimate of drug-likeness (QED) is 0.641. The van der Waals surface area contributed by atoms with E-state index < -0.39 is 16.8 Å². The first kappa shape index (κ1) is 14.8. The zero-order chi connectivity index (χ0) is 17.2. The van der Waals surface area contributed by atoms with Crippen molar-refractivity contribution in [3.05, 3.63) is 51.9 Å². The van der Waals surface area contributed by atoms with E-state index in [0.29, 0.717) is 16.8 Å². The number of benzene rings is 2. The zero-order valence-electron chi connectivity index (χ0n) is 13.6. The predicted molar refractivity (Wildman–Crippen MR) is 92.1 cm³/mol. The van der Waals surface area contributed by atoms with E-state index >= 15 is 0 Å². The van der Waals surface area contributed by atoms with Crippen molar-refractivity contribution in [1.29, 1.82) is 0 Å². The molecule has 2 aromatic carbocycles. The number of rotatable bonds is 0. The highest BCUT2D eigenvalue weighted by molar-refractivity contribution is 6.02. The summed E-state index contributed by atoms with van der Waals surface area (Å²) in [5.41, 5.74) is 0.414. The third kappa shape index (κ3) is 1.87. The lowest BCUT2D eigenvalue weighted by molar-refractivity contribution is 0.159. The first-order valence-electron chi connectivity index (χ1n) is 7.65. The summed E-state index contributed by atoms with van der Waals surface area (Å²) in [5.74, 6) is -0.174.